The molecule has 1 saturated carbocycles. The highest BCUT2D eigenvalue weighted by Gasteiger charge is 2.25. The van der Waals surface area contributed by atoms with Crippen molar-refractivity contribution >= 4 is 17.7 Å². The number of hydrogen-bond donors (Lipinski definition) is 3. The Bertz CT molecular complexity index is 1270. The van der Waals surface area contributed by atoms with Crippen molar-refractivity contribution in [2.75, 3.05) is 10.6 Å². The Balaban J connectivity index is 1.36. The summed E-state index contributed by atoms with van der Waals surface area (Å²) in [6, 6.07) is 21.6. The van der Waals surface area contributed by atoms with E-state index in [1.807, 2.05) is 65.4 Å². The Morgan fingerprint density at radius 2 is 1.63 bits per heavy atom. The van der Waals surface area contributed by atoms with Crippen LogP contribution in [0.4, 0.5) is 11.8 Å². The summed E-state index contributed by atoms with van der Waals surface area (Å²) in [7, 11) is 0. The Morgan fingerprint density at radius 1 is 0.921 bits per heavy atom. The maximum atomic E-state index is 13.5. The van der Waals surface area contributed by atoms with Crippen LogP contribution in [-0.4, -0.2) is 31.5 Å². The topological polar surface area (TPSA) is 96.8 Å². The van der Waals surface area contributed by atoms with Crippen molar-refractivity contribution in [3.05, 3.63) is 96.6 Å². The van der Waals surface area contributed by atoms with Gasteiger partial charge in [0.2, 0.25) is 11.9 Å². The van der Waals surface area contributed by atoms with Gasteiger partial charge in [-0.15, -0.1) is 0 Å². The second-order valence-electron chi connectivity index (χ2n) is 9.88. The van der Waals surface area contributed by atoms with E-state index in [0.717, 1.165) is 30.4 Å². The number of aromatic nitrogens is 4. The molecular weight excluding hydrogens is 474 g/mol. The summed E-state index contributed by atoms with van der Waals surface area (Å²) in [4.78, 5) is 27.1. The predicted molar refractivity (Wildman–Crippen MR) is 150 cm³/mol. The van der Waals surface area contributed by atoms with Crippen LogP contribution >= 0.6 is 0 Å². The maximum Gasteiger partial charge on any atom is 0.242 e. The van der Waals surface area contributed by atoms with Crippen molar-refractivity contribution in [3.8, 4) is 5.82 Å². The lowest BCUT2D eigenvalue weighted by Crippen LogP contribution is -2.41. The van der Waals surface area contributed by atoms with Gasteiger partial charge in [-0.2, -0.15) is 9.97 Å². The molecule has 2 heterocycles. The minimum Gasteiger partial charge on any atom is -0.358 e. The van der Waals surface area contributed by atoms with Crippen molar-refractivity contribution in [1.82, 2.24) is 24.8 Å². The fourth-order valence-corrected chi connectivity index (χ4v) is 4.97. The van der Waals surface area contributed by atoms with Crippen LogP contribution in [0.5, 0.6) is 0 Å². The molecule has 0 unspecified atom stereocenters. The van der Waals surface area contributed by atoms with E-state index in [1.54, 1.807) is 12.5 Å². The maximum absolute atomic E-state index is 13.5. The van der Waals surface area contributed by atoms with E-state index < -0.39 is 6.04 Å². The zero-order valence-corrected chi connectivity index (χ0v) is 21.6. The molecule has 3 N–H and O–H groups in total. The number of nitrogens with one attached hydrogen (secondary N) is 3. The van der Waals surface area contributed by atoms with Crippen molar-refractivity contribution in [3.63, 3.8) is 0 Å². The number of carbonyl (C=O) groups is 1. The number of amides is 1. The summed E-state index contributed by atoms with van der Waals surface area (Å²) in [5, 5.41) is 9.94. The molecule has 2 aromatic carbocycles. The summed E-state index contributed by atoms with van der Waals surface area (Å²) in [6.45, 7) is 1.09. The number of benzene rings is 2. The van der Waals surface area contributed by atoms with Gasteiger partial charge in [-0.25, -0.2) is 4.98 Å². The standard InChI is InChI=1S/C30H35N7O/c38-29(32-20-24-12-6-2-7-13-24)26(18-23-10-4-1-5-11-23)34-27-19-28(37-17-16-31-22-37)36-30(35-27)33-21-25-14-8-3-9-15-25/h2-3,6-9,12-17,19,22-23,26H,1,4-5,10-11,18,20-21H2,(H,32,38)(H2,33,34,35,36)/t26-/m1/s1. The summed E-state index contributed by atoms with van der Waals surface area (Å²) in [5.41, 5.74) is 2.21. The third-order valence-corrected chi connectivity index (χ3v) is 7.02. The first kappa shape index (κ1) is 25.4. The van der Waals surface area contributed by atoms with Crippen molar-refractivity contribution in [1.29, 1.82) is 0 Å². The molecule has 5 rings (SSSR count). The van der Waals surface area contributed by atoms with Crippen molar-refractivity contribution in [2.45, 2.75) is 57.7 Å². The lowest BCUT2D eigenvalue weighted by molar-refractivity contribution is -0.122. The molecule has 1 fully saturated rings. The average molecular weight is 510 g/mol. The van der Waals surface area contributed by atoms with E-state index in [4.69, 9.17) is 9.97 Å². The Kier molecular flexibility index (Phi) is 8.61. The zero-order valence-electron chi connectivity index (χ0n) is 21.6. The number of rotatable bonds is 11. The fourth-order valence-electron chi connectivity index (χ4n) is 4.97. The highest BCUT2D eigenvalue weighted by Crippen LogP contribution is 2.28. The molecule has 196 valence electrons. The Labute approximate surface area is 224 Å². The first-order valence-electron chi connectivity index (χ1n) is 13.5. The van der Waals surface area contributed by atoms with E-state index in [9.17, 15) is 4.79 Å². The Hall–Kier alpha value is -4.20. The summed E-state index contributed by atoms with van der Waals surface area (Å²) < 4.78 is 1.84. The highest BCUT2D eigenvalue weighted by molar-refractivity contribution is 5.84. The summed E-state index contributed by atoms with van der Waals surface area (Å²) in [5.74, 6) is 2.28. The molecular formula is C30H35N7O. The summed E-state index contributed by atoms with van der Waals surface area (Å²) >= 11 is 0. The van der Waals surface area contributed by atoms with Gasteiger partial charge in [0, 0.05) is 31.5 Å². The molecule has 4 aromatic rings. The first-order chi connectivity index (χ1) is 18.7. The molecule has 1 aliphatic carbocycles. The van der Waals surface area contributed by atoms with Crippen LogP contribution in [0.1, 0.15) is 49.7 Å². The molecule has 8 heteroatoms. The molecule has 0 aliphatic heterocycles. The minimum atomic E-state index is -0.394. The van der Waals surface area contributed by atoms with Crippen LogP contribution in [0, 0.1) is 5.92 Å². The minimum absolute atomic E-state index is 0.0129. The monoisotopic (exact) mass is 509 g/mol. The van der Waals surface area contributed by atoms with E-state index >= 15 is 0 Å². The molecule has 1 atom stereocenters. The predicted octanol–water partition coefficient (Wildman–Crippen LogP) is 5.34. The molecule has 0 bridgehead atoms. The van der Waals surface area contributed by atoms with Gasteiger partial charge in [0.25, 0.3) is 0 Å². The molecule has 0 saturated heterocycles. The lowest BCUT2D eigenvalue weighted by atomic mass is 9.84. The number of nitrogens with zero attached hydrogens (tertiary/aromatic N) is 4. The smallest absolute Gasteiger partial charge is 0.242 e. The van der Waals surface area contributed by atoms with Crippen LogP contribution in [0.15, 0.2) is 85.5 Å². The van der Waals surface area contributed by atoms with Crippen molar-refractivity contribution < 1.29 is 4.79 Å². The van der Waals surface area contributed by atoms with Gasteiger partial charge in [-0.3, -0.25) is 9.36 Å². The number of anilines is 2. The SMILES string of the molecule is O=C(NCc1ccccc1)[C@@H](CC1CCCCC1)Nc1cc(-n2ccnc2)nc(NCc2ccccc2)n1. The molecule has 8 nitrogen and oxygen atoms in total. The van der Waals surface area contributed by atoms with E-state index in [-0.39, 0.29) is 5.91 Å². The quantitative estimate of drug-likeness (QED) is 0.253. The highest BCUT2D eigenvalue weighted by atomic mass is 16.2. The van der Waals surface area contributed by atoms with Crippen LogP contribution in [0.2, 0.25) is 0 Å². The molecule has 0 radical (unpaired) electrons. The molecule has 2 aromatic heterocycles. The van der Waals surface area contributed by atoms with Gasteiger partial charge < -0.3 is 16.0 Å². The van der Waals surface area contributed by atoms with E-state index in [1.165, 1.54) is 19.3 Å². The normalized spacial score (nSPS) is 14.5. The van der Waals surface area contributed by atoms with Gasteiger partial charge in [0.05, 0.1) is 0 Å². The van der Waals surface area contributed by atoms with Gasteiger partial charge in [0.15, 0.2) is 0 Å². The second-order valence-corrected chi connectivity index (χ2v) is 9.88. The average Bonchev–Trinajstić information content (AvgIpc) is 3.52. The Morgan fingerprint density at radius 3 is 2.32 bits per heavy atom. The number of imidazole rings is 1. The van der Waals surface area contributed by atoms with Gasteiger partial charge in [0.1, 0.15) is 24.0 Å². The van der Waals surface area contributed by atoms with Crippen LogP contribution in [-0.2, 0) is 17.9 Å². The molecule has 1 aliphatic rings. The molecule has 0 spiro atoms. The van der Waals surface area contributed by atoms with Crippen molar-refractivity contribution in [2.24, 2.45) is 5.92 Å². The third-order valence-electron chi connectivity index (χ3n) is 7.02. The van der Waals surface area contributed by atoms with Gasteiger partial charge in [-0.05, 0) is 23.5 Å². The molecule has 38 heavy (non-hydrogen) atoms. The number of carbonyl (C=O) groups excluding carboxylic acids is 1. The van der Waals surface area contributed by atoms with Crippen LogP contribution in [0.3, 0.4) is 0 Å². The lowest BCUT2D eigenvalue weighted by Gasteiger charge is -2.27. The van der Waals surface area contributed by atoms with E-state index in [2.05, 4.69) is 33.1 Å². The second kappa shape index (κ2) is 12.9. The molecule has 1 amide bonds. The fraction of sp³-hybridized carbons (Fsp3) is 0.333. The third kappa shape index (κ3) is 7.18. The summed E-state index contributed by atoms with van der Waals surface area (Å²) in [6.07, 6.45) is 12.1. The first-order valence-corrected chi connectivity index (χ1v) is 13.5. The van der Waals surface area contributed by atoms with Crippen LogP contribution in [0.25, 0.3) is 5.82 Å². The van der Waals surface area contributed by atoms with Gasteiger partial charge in [-0.1, -0.05) is 92.8 Å². The number of hydrogen-bond acceptors (Lipinski definition) is 6. The van der Waals surface area contributed by atoms with E-state index in [0.29, 0.717) is 36.6 Å². The zero-order chi connectivity index (χ0) is 26.0. The van der Waals surface area contributed by atoms with Gasteiger partial charge >= 0.3 is 0 Å². The largest absolute Gasteiger partial charge is 0.358 e. The van der Waals surface area contributed by atoms with Crippen LogP contribution < -0.4 is 16.0 Å².